The summed E-state index contributed by atoms with van der Waals surface area (Å²) < 4.78 is 0. The lowest BCUT2D eigenvalue weighted by Gasteiger charge is -2.17. The van der Waals surface area contributed by atoms with Crippen molar-refractivity contribution < 1.29 is 0 Å². The maximum absolute atomic E-state index is 2.39. The normalized spacial score (nSPS) is 10.9. The molecule has 0 aromatic heterocycles. The Balaban J connectivity index is 2.47. The number of benzene rings is 1. The summed E-state index contributed by atoms with van der Waals surface area (Å²) in [7, 11) is 2.20. The summed E-state index contributed by atoms with van der Waals surface area (Å²) in [5.41, 5.74) is 2.85. The fourth-order valence-corrected chi connectivity index (χ4v) is 1.59. The molecule has 0 atom stereocenters. The number of unbranched alkanes of at least 4 members (excludes halogenated alkanes) is 1. The zero-order valence-corrected chi connectivity index (χ0v) is 9.59. The molecule has 0 radical (unpaired) electrons. The summed E-state index contributed by atoms with van der Waals surface area (Å²) in [5, 5.41) is 0. The van der Waals surface area contributed by atoms with Crippen LogP contribution < -0.4 is 0 Å². The van der Waals surface area contributed by atoms with Gasteiger partial charge in [0.15, 0.2) is 0 Å². The van der Waals surface area contributed by atoms with Gasteiger partial charge in [-0.15, -0.1) is 0 Å². The topological polar surface area (TPSA) is 3.24 Å². The largest absolute Gasteiger partial charge is 0.302 e. The number of hydrogen-bond donors (Lipinski definition) is 0. The molecule has 0 saturated heterocycles. The minimum Gasteiger partial charge on any atom is -0.302 e. The predicted octanol–water partition coefficient (Wildman–Crippen LogP) is 3.23. The highest BCUT2D eigenvalue weighted by atomic mass is 15.1. The second kappa shape index (κ2) is 5.82. The average Bonchev–Trinajstić information content (AvgIpc) is 2.18. The van der Waals surface area contributed by atoms with Crippen molar-refractivity contribution in [3.05, 3.63) is 35.4 Å². The Labute approximate surface area is 87.7 Å². The quantitative estimate of drug-likeness (QED) is 0.690. The van der Waals surface area contributed by atoms with Crippen LogP contribution in [0.1, 0.15) is 30.9 Å². The molecule has 0 fully saturated rings. The first-order valence-electron chi connectivity index (χ1n) is 5.47. The third kappa shape index (κ3) is 3.51. The molecule has 78 valence electrons. The summed E-state index contributed by atoms with van der Waals surface area (Å²) in [4.78, 5) is 2.39. The smallest absolute Gasteiger partial charge is 0.0233 e. The molecule has 0 N–H and O–H groups in total. The van der Waals surface area contributed by atoms with E-state index in [0.717, 1.165) is 6.54 Å². The highest BCUT2D eigenvalue weighted by Crippen LogP contribution is 2.09. The van der Waals surface area contributed by atoms with Crippen LogP contribution >= 0.6 is 0 Å². The molecule has 0 saturated carbocycles. The van der Waals surface area contributed by atoms with Gasteiger partial charge in [-0.25, -0.2) is 0 Å². The molecule has 0 bridgehead atoms. The van der Waals surface area contributed by atoms with Crippen LogP contribution in [0.4, 0.5) is 0 Å². The highest BCUT2D eigenvalue weighted by molar-refractivity contribution is 5.25. The van der Waals surface area contributed by atoms with E-state index in [1.54, 1.807) is 0 Å². The first-order valence-corrected chi connectivity index (χ1v) is 5.47. The number of nitrogens with zero attached hydrogens (tertiary/aromatic N) is 1. The van der Waals surface area contributed by atoms with Gasteiger partial charge in [-0.1, -0.05) is 37.6 Å². The monoisotopic (exact) mass is 191 g/mol. The second-order valence-corrected chi connectivity index (χ2v) is 4.02. The molecule has 14 heavy (non-hydrogen) atoms. The predicted molar refractivity (Wildman–Crippen MR) is 62.4 cm³/mol. The zero-order chi connectivity index (χ0) is 10.4. The van der Waals surface area contributed by atoms with Gasteiger partial charge in [-0.05, 0) is 38.1 Å². The third-order valence-electron chi connectivity index (χ3n) is 2.59. The van der Waals surface area contributed by atoms with Crippen molar-refractivity contribution in [2.24, 2.45) is 0 Å². The molecule has 0 aliphatic carbocycles. The van der Waals surface area contributed by atoms with Crippen LogP contribution in [0.2, 0.25) is 0 Å². The first kappa shape index (κ1) is 11.3. The Kier molecular flexibility index (Phi) is 4.68. The standard InChI is InChI=1S/C13H21N/c1-4-5-10-14(3)11-13-9-7-6-8-12(13)2/h6-9H,4-5,10-11H2,1-3H3. The Morgan fingerprint density at radius 2 is 1.93 bits per heavy atom. The molecular weight excluding hydrogens is 170 g/mol. The van der Waals surface area contributed by atoms with Crippen LogP contribution in [0.5, 0.6) is 0 Å². The van der Waals surface area contributed by atoms with Crippen LogP contribution in [0.15, 0.2) is 24.3 Å². The summed E-state index contributed by atoms with van der Waals surface area (Å²) >= 11 is 0. The van der Waals surface area contributed by atoms with Crippen LogP contribution in [0.25, 0.3) is 0 Å². The van der Waals surface area contributed by atoms with E-state index in [-0.39, 0.29) is 0 Å². The molecule has 0 aliphatic rings. The summed E-state index contributed by atoms with van der Waals surface area (Å²) in [5.74, 6) is 0. The van der Waals surface area contributed by atoms with Gasteiger partial charge in [-0.2, -0.15) is 0 Å². The van der Waals surface area contributed by atoms with Gasteiger partial charge < -0.3 is 4.90 Å². The fraction of sp³-hybridized carbons (Fsp3) is 0.538. The SMILES string of the molecule is CCCCN(C)Cc1ccccc1C. The Bertz CT molecular complexity index is 268. The van der Waals surface area contributed by atoms with E-state index in [0.29, 0.717) is 0 Å². The van der Waals surface area contributed by atoms with Gasteiger partial charge in [0, 0.05) is 6.54 Å². The minimum atomic E-state index is 1.08. The molecule has 1 nitrogen and oxygen atoms in total. The molecule has 1 heteroatoms. The third-order valence-corrected chi connectivity index (χ3v) is 2.59. The molecule has 0 heterocycles. The molecule has 1 aromatic rings. The van der Waals surface area contributed by atoms with Gasteiger partial charge in [0.25, 0.3) is 0 Å². The van der Waals surface area contributed by atoms with E-state index in [4.69, 9.17) is 0 Å². The average molecular weight is 191 g/mol. The van der Waals surface area contributed by atoms with E-state index in [1.165, 1.54) is 30.5 Å². The van der Waals surface area contributed by atoms with Crippen molar-refractivity contribution in [2.75, 3.05) is 13.6 Å². The van der Waals surface area contributed by atoms with Crippen molar-refractivity contribution in [1.82, 2.24) is 4.90 Å². The van der Waals surface area contributed by atoms with Crippen molar-refractivity contribution in [3.8, 4) is 0 Å². The van der Waals surface area contributed by atoms with E-state index < -0.39 is 0 Å². The lowest BCUT2D eigenvalue weighted by molar-refractivity contribution is 0.320. The van der Waals surface area contributed by atoms with Crippen LogP contribution in [-0.2, 0) is 6.54 Å². The molecule has 1 rings (SSSR count). The molecule has 0 spiro atoms. The molecule has 1 aromatic carbocycles. The van der Waals surface area contributed by atoms with Crippen LogP contribution in [0, 0.1) is 6.92 Å². The van der Waals surface area contributed by atoms with E-state index in [2.05, 4.69) is 50.1 Å². The van der Waals surface area contributed by atoms with Crippen molar-refractivity contribution in [2.45, 2.75) is 33.2 Å². The number of hydrogen-bond acceptors (Lipinski definition) is 1. The van der Waals surface area contributed by atoms with Crippen molar-refractivity contribution in [1.29, 1.82) is 0 Å². The number of aryl methyl sites for hydroxylation is 1. The Hall–Kier alpha value is -0.820. The highest BCUT2D eigenvalue weighted by Gasteiger charge is 2.01. The van der Waals surface area contributed by atoms with Crippen molar-refractivity contribution >= 4 is 0 Å². The lowest BCUT2D eigenvalue weighted by atomic mass is 10.1. The van der Waals surface area contributed by atoms with Gasteiger partial charge in [0.05, 0.1) is 0 Å². The van der Waals surface area contributed by atoms with Crippen molar-refractivity contribution in [3.63, 3.8) is 0 Å². The Morgan fingerprint density at radius 1 is 1.21 bits per heavy atom. The molecule has 0 aliphatic heterocycles. The van der Waals surface area contributed by atoms with E-state index in [1.807, 2.05) is 0 Å². The maximum atomic E-state index is 2.39. The number of rotatable bonds is 5. The molecule has 0 amide bonds. The summed E-state index contributed by atoms with van der Waals surface area (Å²) in [6, 6.07) is 8.63. The lowest BCUT2D eigenvalue weighted by Crippen LogP contribution is -2.19. The van der Waals surface area contributed by atoms with E-state index in [9.17, 15) is 0 Å². The van der Waals surface area contributed by atoms with Gasteiger partial charge >= 0.3 is 0 Å². The second-order valence-electron chi connectivity index (χ2n) is 4.02. The van der Waals surface area contributed by atoms with Crippen LogP contribution in [-0.4, -0.2) is 18.5 Å². The van der Waals surface area contributed by atoms with Gasteiger partial charge in [0.1, 0.15) is 0 Å². The van der Waals surface area contributed by atoms with E-state index >= 15 is 0 Å². The minimum absolute atomic E-state index is 1.08. The Morgan fingerprint density at radius 3 is 2.57 bits per heavy atom. The zero-order valence-electron chi connectivity index (χ0n) is 9.59. The van der Waals surface area contributed by atoms with Crippen LogP contribution in [0.3, 0.4) is 0 Å². The maximum Gasteiger partial charge on any atom is 0.0233 e. The molecular formula is C13H21N. The van der Waals surface area contributed by atoms with Gasteiger partial charge in [-0.3, -0.25) is 0 Å². The fourth-order valence-electron chi connectivity index (χ4n) is 1.59. The van der Waals surface area contributed by atoms with Gasteiger partial charge in [0.2, 0.25) is 0 Å². The summed E-state index contributed by atoms with van der Waals surface area (Å²) in [6.07, 6.45) is 2.57. The first-order chi connectivity index (χ1) is 6.74. The summed E-state index contributed by atoms with van der Waals surface area (Å²) in [6.45, 7) is 6.70. The molecule has 0 unspecified atom stereocenters.